The molecule has 1 rings (SSSR count). The van der Waals surface area contributed by atoms with E-state index in [2.05, 4.69) is 5.32 Å². The molecular formula is C10H19NO5S. The van der Waals surface area contributed by atoms with Crippen LogP contribution in [0.1, 0.15) is 40.0 Å². The fourth-order valence-corrected chi connectivity index (χ4v) is 2.99. The van der Waals surface area contributed by atoms with Gasteiger partial charge in [-0.05, 0) is 40.0 Å². The van der Waals surface area contributed by atoms with Crippen LogP contribution in [0.4, 0.5) is 4.79 Å². The second-order valence-electron chi connectivity index (χ2n) is 5.24. The lowest BCUT2D eigenvalue weighted by atomic mass is 10.2. The molecule has 17 heavy (non-hydrogen) atoms. The Hall–Kier alpha value is -0.820. The van der Waals surface area contributed by atoms with Crippen molar-refractivity contribution in [3.8, 4) is 0 Å². The van der Waals surface area contributed by atoms with Crippen LogP contribution in [0, 0.1) is 0 Å². The van der Waals surface area contributed by atoms with Crippen molar-refractivity contribution in [2.75, 3.05) is 0 Å². The van der Waals surface area contributed by atoms with Gasteiger partial charge in [0.1, 0.15) is 10.9 Å². The number of amides is 1. The number of ether oxygens (including phenoxy) is 1. The van der Waals surface area contributed by atoms with E-state index in [0.29, 0.717) is 19.3 Å². The predicted octanol–water partition coefficient (Wildman–Crippen LogP) is 1.32. The quantitative estimate of drug-likeness (QED) is 0.734. The van der Waals surface area contributed by atoms with Crippen LogP contribution in [0.25, 0.3) is 0 Å². The van der Waals surface area contributed by atoms with E-state index in [0.717, 1.165) is 0 Å². The number of hydrogen-bond acceptors (Lipinski definition) is 4. The Morgan fingerprint density at radius 2 is 1.94 bits per heavy atom. The van der Waals surface area contributed by atoms with E-state index in [1.807, 2.05) is 0 Å². The maximum absolute atomic E-state index is 11.5. The summed E-state index contributed by atoms with van der Waals surface area (Å²) in [5.74, 6) is 0. The second kappa shape index (κ2) is 4.81. The van der Waals surface area contributed by atoms with Gasteiger partial charge in [0.2, 0.25) is 0 Å². The average molecular weight is 265 g/mol. The van der Waals surface area contributed by atoms with Crippen molar-refractivity contribution < 1.29 is 22.5 Å². The summed E-state index contributed by atoms with van der Waals surface area (Å²) in [7, 11) is -4.11. The summed E-state index contributed by atoms with van der Waals surface area (Å²) < 4.78 is 36.2. The molecule has 7 heteroatoms. The molecule has 1 aliphatic rings. The third-order valence-electron chi connectivity index (χ3n) is 2.54. The Morgan fingerprint density at radius 3 is 2.41 bits per heavy atom. The first-order valence-electron chi connectivity index (χ1n) is 5.55. The van der Waals surface area contributed by atoms with Crippen LogP contribution in [-0.4, -0.2) is 36.0 Å². The summed E-state index contributed by atoms with van der Waals surface area (Å²) in [6, 6.07) is -0.570. The first-order valence-corrected chi connectivity index (χ1v) is 7.06. The minimum Gasteiger partial charge on any atom is -0.444 e. The number of carbonyl (C=O) groups excluding carboxylic acids is 1. The monoisotopic (exact) mass is 265 g/mol. The molecule has 0 aliphatic heterocycles. The highest BCUT2D eigenvalue weighted by Gasteiger charge is 2.38. The average Bonchev–Trinajstić information content (AvgIpc) is 2.46. The van der Waals surface area contributed by atoms with Crippen LogP contribution in [-0.2, 0) is 14.9 Å². The summed E-state index contributed by atoms with van der Waals surface area (Å²) >= 11 is 0. The number of alkyl carbamates (subject to hydrolysis) is 1. The lowest BCUT2D eigenvalue weighted by Crippen LogP contribution is -2.45. The number of carbonyl (C=O) groups is 1. The van der Waals surface area contributed by atoms with E-state index in [1.54, 1.807) is 20.8 Å². The van der Waals surface area contributed by atoms with Crippen LogP contribution in [0.5, 0.6) is 0 Å². The zero-order valence-corrected chi connectivity index (χ0v) is 11.1. The van der Waals surface area contributed by atoms with Crippen LogP contribution in [0.3, 0.4) is 0 Å². The molecule has 2 atom stereocenters. The molecule has 0 aromatic rings. The van der Waals surface area contributed by atoms with Gasteiger partial charge in [-0.1, -0.05) is 0 Å². The van der Waals surface area contributed by atoms with Gasteiger partial charge in [0, 0.05) is 0 Å². The molecule has 0 spiro atoms. The topological polar surface area (TPSA) is 92.7 Å². The van der Waals surface area contributed by atoms with Crippen molar-refractivity contribution >= 4 is 16.2 Å². The van der Waals surface area contributed by atoms with Gasteiger partial charge in [0.25, 0.3) is 10.1 Å². The molecule has 0 radical (unpaired) electrons. The van der Waals surface area contributed by atoms with Gasteiger partial charge in [-0.3, -0.25) is 4.55 Å². The molecule has 0 aromatic carbocycles. The molecule has 0 bridgehead atoms. The predicted molar refractivity (Wildman–Crippen MR) is 62.3 cm³/mol. The van der Waals surface area contributed by atoms with Gasteiger partial charge in [-0.25, -0.2) is 4.79 Å². The Kier molecular flexibility index (Phi) is 4.03. The van der Waals surface area contributed by atoms with Crippen LogP contribution >= 0.6 is 0 Å². The maximum Gasteiger partial charge on any atom is 0.407 e. The molecular weight excluding hydrogens is 246 g/mol. The third-order valence-corrected chi connectivity index (χ3v) is 3.87. The van der Waals surface area contributed by atoms with Gasteiger partial charge >= 0.3 is 6.09 Å². The van der Waals surface area contributed by atoms with Crippen LogP contribution < -0.4 is 5.32 Å². The van der Waals surface area contributed by atoms with E-state index in [4.69, 9.17) is 9.29 Å². The van der Waals surface area contributed by atoms with Crippen molar-refractivity contribution in [2.24, 2.45) is 0 Å². The highest BCUT2D eigenvalue weighted by molar-refractivity contribution is 7.86. The first-order chi connectivity index (χ1) is 7.59. The Balaban J connectivity index is 2.60. The molecule has 0 heterocycles. The number of nitrogens with one attached hydrogen (secondary N) is 1. The summed E-state index contributed by atoms with van der Waals surface area (Å²) in [6.07, 6.45) is 0.895. The van der Waals surface area contributed by atoms with Crippen molar-refractivity contribution in [3.63, 3.8) is 0 Å². The van der Waals surface area contributed by atoms with E-state index in [-0.39, 0.29) is 0 Å². The van der Waals surface area contributed by atoms with Gasteiger partial charge in [-0.15, -0.1) is 0 Å². The first kappa shape index (κ1) is 14.2. The highest BCUT2D eigenvalue weighted by atomic mass is 32.2. The smallest absolute Gasteiger partial charge is 0.407 e. The van der Waals surface area contributed by atoms with Crippen molar-refractivity contribution in [1.82, 2.24) is 5.32 Å². The summed E-state index contributed by atoms with van der Waals surface area (Å²) in [5, 5.41) is 1.57. The fraction of sp³-hybridized carbons (Fsp3) is 0.900. The highest BCUT2D eigenvalue weighted by Crippen LogP contribution is 2.25. The molecule has 100 valence electrons. The van der Waals surface area contributed by atoms with E-state index in [9.17, 15) is 13.2 Å². The van der Waals surface area contributed by atoms with Gasteiger partial charge in [0.15, 0.2) is 0 Å². The zero-order valence-electron chi connectivity index (χ0n) is 10.3. The summed E-state index contributed by atoms with van der Waals surface area (Å²) in [5.41, 5.74) is -0.629. The molecule has 0 saturated heterocycles. The molecule has 1 saturated carbocycles. The lowest BCUT2D eigenvalue weighted by Gasteiger charge is -2.23. The second-order valence-corrected chi connectivity index (χ2v) is 6.87. The Morgan fingerprint density at radius 1 is 1.35 bits per heavy atom. The lowest BCUT2D eigenvalue weighted by molar-refractivity contribution is 0.0506. The summed E-state index contributed by atoms with van der Waals surface area (Å²) in [6.45, 7) is 5.17. The van der Waals surface area contributed by atoms with Crippen molar-refractivity contribution in [1.29, 1.82) is 0 Å². The van der Waals surface area contributed by atoms with Gasteiger partial charge in [0.05, 0.1) is 6.04 Å². The molecule has 0 unspecified atom stereocenters. The normalized spacial score (nSPS) is 25.6. The van der Waals surface area contributed by atoms with E-state index in [1.165, 1.54) is 0 Å². The minimum absolute atomic E-state index is 0.360. The summed E-state index contributed by atoms with van der Waals surface area (Å²) in [4.78, 5) is 11.5. The van der Waals surface area contributed by atoms with Crippen molar-refractivity contribution in [2.45, 2.75) is 56.9 Å². The molecule has 1 amide bonds. The SMILES string of the molecule is CC(C)(C)OC(=O)N[C@H]1CCC[C@H]1S(=O)(=O)O. The molecule has 6 nitrogen and oxygen atoms in total. The van der Waals surface area contributed by atoms with Gasteiger partial charge < -0.3 is 10.1 Å². The van der Waals surface area contributed by atoms with E-state index >= 15 is 0 Å². The fourth-order valence-electron chi connectivity index (χ4n) is 1.91. The minimum atomic E-state index is -4.11. The molecule has 0 aromatic heterocycles. The van der Waals surface area contributed by atoms with Gasteiger partial charge in [-0.2, -0.15) is 8.42 Å². The largest absolute Gasteiger partial charge is 0.444 e. The number of rotatable bonds is 2. The zero-order chi connectivity index (χ0) is 13.3. The van der Waals surface area contributed by atoms with Crippen LogP contribution in [0.15, 0.2) is 0 Å². The third kappa shape index (κ3) is 4.51. The molecule has 1 fully saturated rings. The van der Waals surface area contributed by atoms with Crippen molar-refractivity contribution in [3.05, 3.63) is 0 Å². The standard InChI is InChI=1S/C10H19NO5S/c1-10(2,3)16-9(12)11-7-5-4-6-8(7)17(13,14)15/h7-8H,4-6H2,1-3H3,(H,11,12)(H,13,14,15)/t7-,8+/m0/s1. The molecule has 1 aliphatic carbocycles. The van der Waals surface area contributed by atoms with Crippen LogP contribution in [0.2, 0.25) is 0 Å². The molecule has 2 N–H and O–H groups in total. The van der Waals surface area contributed by atoms with E-state index < -0.39 is 33.1 Å². The Bertz CT molecular complexity index is 384. The number of hydrogen-bond donors (Lipinski definition) is 2. The maximum atomic E-state index is 11.5. The Labute approximate surface area is 101 Å².